The van der Waals surface area contributed by atoms with Crippen molar-refractivity contribution in [2.75, 3.05) is 33.7 Å². The van der Waals surface area contributed by atoms with Crippen LogP contribution in [0.1, 0.15) is 24.6 Å². The van der Waals surface area contributed by atoms with Gasteiger partial charge in [-0.05, 0) is 62.0 Å². The summed E-state index contributed by atoms with van der Waals surface area (Å²) < 4.78 is 33.3. The van der Waals surface area contributed by atoms with Crippen molar-refractivity contribution < 1.29 is 17.6 Å². The van der Waals surface area contributed by atoms with Crippen molar-refractivity contribution in [3.05, 3.63) is 66.6 Å². The number of sulfonamides is 1. The van der Waals surface area contributed by atoms with Crippen molar-refractivity contribution in [1.29, 1.82) is 0 Å². The fraction of sp³-hybridized carbons (Fsp3) is 0.375. The first kappa shape index (κ1) is 22.5. The number of hydrogen-bond acceptors (Lipinski definition) is 5. The maximum absolute atomic E-state index is 13.1. The lowest BCUT2D eigenvalue weighted by atomic mass is 9.97. The number of carbonyl (C=O) groups is 1. The number of fused-ring (bicyclic) bond motifs is 1. The molecule has 0 unspecified atom stereocenters. The highest BCUT2D eigenvalue weighted by Crippen LogP contribution is 2.26. The third kappa shape index (κ3) is 4.72. The number of rotatable bonds is 7. The molecule has 0 radical (unpaired) electrons. The van der Waals surface area contributed by atoms with Crippen molar-refractivity contribution >= 4 is 26.7 Å². The summed E-state index contributed by atoms with van der Waals surface area (Å²) >= 11 is 0. The first-order chi connectivity index (χ1) is 15.4. The zero-order valence-corrected chi connectivity index (χ0v) is 19.2. The number of hydrogen-bond donors (Lipinski definition) is 1. The first-order valence-corrected chi connectivity index (χ1v) is 12.3. The van der Waals surface area contributed by atoms with Crippen molar-refractivity contribution in [2.45, 2.75) is 23.8 Å². The summed E-state index contributed by atoms with van der Waals surface area (Å²) in [7, 11) is 0.293. The molecule has 1 amide bonds. The summed E-state index contributed by atoms with van der Waals surface area (Å²) in [4.78, 5) is 15.0. The van der Waals surface area contributed by atoms with Gasteiger partial charge in [-0.25, -0.2) is 8.42 Å². The molecule has 1 aliphatic heterocycles. The number of likely N-dealkylation sites (N-methyl/N-ethyl adjacent to an activating group) is 1. The highest BCUT2D eigenvalue weighted by Gasteiger charge is 2.32. The van der Waals surface area contributed by atoms with E-state index in [1.807, 2.05) is 61.5 Å². The van der Waals surface area contributed by atoms with E-state index < -0.39 is 10.0 Å². The number of amides is 1. The summed E-state index contributed by atoms with van der Waals surface area (Å²) in [6, 6.07) is 16.6. The number of benzene rings is 2. The van der Waals surface area contributed by atoms with E-state index in [1.165, 1.54) is 4.31 Å². The fourth-order valence-electron chi connectivity index (χ4n) is 4.20. The van der Waals surface area contributed by atoms with Crippen LogP contribution in [-0.2, 0) is 14.8 Å². The zero-order chi connectivity index (χ0) is 22.7. The molecule has 0 bridgehead atoms. The number of nitrogens with zero attached hydrogens (tertiary/aromatic N) is 2. The lowest BCUT2D eigenvalue weighted by molar-refractivity contribution is -0.126. The van der Waals surface area contributed by atoms with Gasteiger partial charge >= 0.3 is 0 Å². The number of nitrogens with one attached hydrogen (secondary N) is 1. The van der Waals surface area contributed by atoms with Crippen LogP contribution in [0.2, 0.25) is 0 Å². The van der Waals surface area contributed by atoms with Crippen molar-refractivity contribution in [2.24, 2.45) is 5.92 Å². The minimum absolute atomic E-state index is 0.0360. The van der Waals surface area contributed by atoms with E-state index in [-0.39, 0.29) is 17.9 Å². The molecule has 1 fully saturated rings. The van der Waals surface area contributed by atoms with Gasteiger partial charge in [-0.1, -0.05) is 30.3 Å². The van der Waals surface area contributed by atoms with Crippen LogP contribution < -0.4 is 5.32 Å². The van der Waals surface area contributed by atoms with E-state index >= 15 is 0 Å². The molecule has 0 saturated carbocycles. The number of carbonyl (C=O) groups excluding carboxylic acids is 1. The van der Waals surface area contributed by atoms with E-state index in [9.17, 15) is 13.2 Å². The Morgan fingerprint density at radius 1 is 1.09 bits per heavy atom. The molecule has 32 heavy (non-hydrogen) atoms. The largest absolute Gasteiger partial charge is 0.468 e. The Bertz CT molecular complexity index is 1170. The lowest BCUT2D eigenvalue weighted by Gasteiger charge is -2.31. The minimum Gasteiger partial charge on any atom is -0.468 e. The standard InChI is InChI=1S/C24H29N3O4S/c1-26(2)22(23-8-5-15-31-23)17-25-24(28)19-11-13-27(14-12-19)32(29,30)21-10-9-18-6-3-4-7-20(18)16-21/h3-10,15-16,19,22H,11-14,17H2,1-2H3,(H,25,28)/t22-/m0/s1. The molecule has 1 atom stereocenters. The second-order valence-electron chi connectivity index (χ2n) is 8.43. The third-order valence-corrected chi connectivity index (χ3v) is 8.04. The third-order valence-electron chi connectivity index (χ3n) is 6.15. The van der Waals surface area contributed by atoms with Crippen molar-refractivity contribution in [3.8, 4) is 0 Å². The molecule has 1 saturated heterocycles. The molecule has 170 valence electrons. The van der Waals surface area contributed by atoms with E-state index in [2.05, 4.69) is 5.32 Å². The van der Waals surface area contributed by atoms with Gasteiger partial charge in [0.05, 0.1) is 17.2 Å². The summed E-state index contributed by atoms with van der Waals surface area (Å²) in [5, 5.41) is 4.92. The second-order valence-corrected chi connectivity index (χ2v) is 10.4. The first-order valence-electron chi connectivity index (χ1n) is 10.8. The van der Waals surface area contributed by atoms with Gasteiger partial charge in [0.15, 0.2) is 0 Å². The quantitative estimate of drug-likeness (QED) is 0.591. The van der Waals surface area contributed by atoms with Gasteiger partial charge in [-0.15, -0.1) is 0 Å². The molecule has 7 nitrogen and oxygen atoms in total. The minimum atomic E-state index is -3.59. The smallest absolute Gasteiger partial charge is 0.243 e. The lowest BCUT2D eigenvalue weighted by Crippen LogP contribution is -2.44. The molecule has 2 aromatic carbocycles. The molecule has 0 aliphatic carbocycles. The number of furan rings is 1. The van der Waals surface area contributed by atoms with Crippen LogP contribution in [-0.4, -0.2) is 57.3 Å². The molecular formula is C24H29N3O4S. The van der Waals surface area contributed by atoms with Gasteiger partial charge in [0.25, 0.3) is 0 Å². The SMILES string of the molecule is CN(C)[C@@H](CNC(=O)C1CCN(S(=O)(=O)c2ccc3ccccc3c2)CC1)c1ccco1. The molecule has 1 aliphatic rings. The van der Waals surface area contributed by atoms with Crippen LogP contribution >= 0.6 is 0 Å². The van der Waals surface area contributed by atoms with Gasteiger partial charge in [0, 0.05) is 25.6 Å². The van der Waals surface area contributed by atoms with Gasteiger partial charge in [-0.3, -0.25) is 9.69 Å². The predicted octanol–water partition coefficient (Wildman–Crippen LogP) is 3.25. The van der Waals surface area contributed by atoms with Gasteiger partial charge < -0.3 is 9.73 Å². The monoisotopic (exact) mass is 455 g/mol. The highest BCUT2D eigenvalue weighted by molar-refractivity contribution is 7.89. The van der Waals surface area contributed by atoms with E-state index in [4.69, 9.17) is 4.42 Å². The average Bonchev–Trinajstić information content (AvgIpc) is 3.33. The summed E-state index contributed by atoms with van der Waals surface area (Å²) in [6.45, 7) is 1.11. The topological polar surface area (TPSA) is 82.9 Å². The zero-order valence-electron chi connectivity index (χ0n) is 18.4. The van der Waals surface area contributed by atoms with Crippen LogP contribution in [0.4, 0.5) is 0 Å². The summed E-state index contributed by atoms with van der Waals surface area (Å²) in [6.07, 6.45) is 2.64. The molecule has 1 aromatic heterocycles. The van der Waals surface area contributed by atoms with Gasteiger partial charge in [0.2, 0.25) is 15.9 Å². The Labute approximate surface area is 189 Å². The van der Waals surface area contributed by atoms with Crippen LogP contribution in [0.3, 0.4) is 0 Å². The molecule has 0 spiro atoms. The van der Waals surface area contributed by atoms with Crippen molar-refractivity contribution in [3.63, 3.8) is 0 Å². The molecule has 2 heterocycles. The summed E-state index contributed by atoms with van der Waals surface area (Å²) in [5.74, 6) is 0.565. The Balaban J connectivity index is 1.36. The maximum Gasteiger partial charge on any atom is 0.243 e. The average molecular weight is 456 g/mol. The van der Waals surface area contributed by atoms with Crippen molar-refractivity contribution in [1.82, 2.24) is 14.5 Å². The van der Waals surface area contributed by atoms with Crippen LogP contribution in [0.15, 0.2) is 70.2 Å². The van der Waals surface area contributed by atoms with Crippen LogP contribution in [0.5, 0.6) is 0 Å². The number of piperidine rings is 1. The van der Waals surface area contributed by atoms with Crippen LogP contribution in [0, 0.1) is 5.92 Å². The maximum atomic E-state index is 13.1. The Morgan fingerprint density at radius 2 is 1.81 bits per heavy atom. The molecule has 8 heteroatoms. The normalized spacial score (nSPS) is 17.0. The van der Waals surface area contributed by atoms with Crippen LogP contribution in [0.25, 0.3) is 10.8 Å². The predicted molar refractivity (Wildman–Crippen MR) is 124 cm³/mol. The Kier molecular flexibility index (Phi) is 6.64. The molecular weight excluding hydrogens is 426 g/mol. The van der Waals surface area contributed by atoms with Gasteiger partial charge in [-0.2, -0.15) is 4.31 Å². The molecule has 4 rings (SSSR count). The van der Waals surface area contributed by atoms with Gasteiger partial charge in [0.1, 0.15) is 5.76 Å². The fourth-order valence-corrected chi connectivity index (χ4v) is 5.70. The highest BCUT2D eigenvalue weighted by atomic mass is 32.2. The molecule has 1 N–H and O–H groups in total. The van der Waals surface area contributed by atoms with E-state index in [1.54, 1.807) is 18.4 Å². The second kappa shape index (κ2) is 9.44. The molecule has 3 aromatic rings. The summed E-state index contributed by atoms with van der Waals surface area (Å²) in [5.41, 5.74) is 0. The Morgan fingerprint density at radius 3 is 2.47 bits per heavy atom. The van der Waals surface area contributed by atoms with E-state index in [0.29, 0.717) is 37.4 Å². The van der Waals surface area contributed by atoms with E-state index in [0.717, 1.165) is 16.5 Å². The Hall–Kier alpha value is -2.68.